The maximum atomic E-state index is 12.8. The van der Waals surface area contributed by atoms with Crippen molar-refractivity contribution in [2.75, 3.05) is 12.4 Å². The maximum absolute atomic E-state index is 12.8. The van der Waals surface area contributed by atoms with E-state index in [1.54, 1.807) is 0 Å². The second-order valence-electron chi connectivity index (χ2n) is 3.86. The van der Waals surface area contributed by atoms with Gasteiger partial charge >= 0.3 is 6.72 Å². The molecule has 0 radical (unpaired) electrons. The summed E-state index contributed by atoms with van der Waals surface area (Å²) in [7, 11) is 0. The normalized spacial score (nSPS) is 26.0. The summed E-state index contributed by atoms with van der Waals surface area (Å²) in [6, 6.07) is 0. The molecule has 1 aliphatic heterocycles. The third-order valence-electron chi connectivity index (χ3n) is 2.49. The van der Waals surface area contributed by atoms with Crippen LogP contribution in [0.25, 0.3) is 0 Å². The van der Waals surface area contributed by atoms with Crippen LogP contribution in [0.4, 0.5) is 0 Å². The van der Waals surface area contributed by atoms with Gasteiger partial charge in [0, 0.05) is 5.25 Å². The third-order valence-corrected chi connectivity index (χ3v) is 9.12. The van der Waals surface area contributed by atoms with Crippen molar-refractivity contribution in [2.45, 2.75) is 44.7 Å². The molecule has 1 amide bonds. The van der Waals surface area contributed by atoms with Gasteiger partial charge in [-0.15, -0.1) is 11.8 Å². The first kappa shape index (κ1) is 15.4. The molecule has 7 heteroatoms. The van der Waals surface area contributed by atoms with Gasteiger partial charge in [-0.1, -0.05) is 13.8 Å². The van der Waals surface area contributed by atoms with Crippen molar-refractivity contribution in [2.24, 2.45) is 0 Å². The van der Waals surface area contributed by atoms with Gasteiger partial charge in [-0.05, 0) is 31.7 Å². The predicted octanol–water partition coefficient (Wildman–Crippen LogP) is 3.58. The minimum absolute atomic E-state index is 0.0589. The Morgan fingerprint density at radius 2 is 2.29 bits per heavy atom. The van der Waals surface area contributed by atoms with Crippen LogP contribution in [0, 0.1) is 0 Å². The molecule has 0 aromatic carbocycles. The largest absolute Gasteiger partial charge is 0.356 e. The fourth-order valence-corrected chi connectivity index (χ4v) is 8.38. The number of thioether (sulfide) groups is 1. The molecular formula is C10H20NO3PS2. The lowest BCUT2D eigenvalue weighted by Crippen LogP contribution is -2.28. The zero-order valence-electron chi connectivity index (χ0n) is 10.7. The number of rotatable bonds is 6. The zero-order chi connectivity index (χ0) is 13.1. The molecule has 1 rings (SSSR count). The van der Waals surface area contributed by atoms with E-state index in [1.807, 2.05) is 27.7 Å². The molecule has 4 nitrogen and oxygen atoms in total. The lowest BCUT2D eigenvalue weighted by atomic mass is 10.4. The molecule has 1 heterocycles. The molecule has 0 bridgehead atoms. The molecule has 0 aliphatic carbocycles. The summed E-state index contributed by atoms with van der Waals surface area (Å²) in [6.07, 6.45) is 0.908. The van der Waals surface area contributed by atoms with E-state index < -0.39 is 6.72 Å². The number of carbonyl (C=O) groups is 1. The van der Waals surface area contributed by atoms with E-state index in [0.29, 0.717) is 12.4 Å². The van der Waals surface area contributed by atoms with Gasteiger partial charge in [0.05, 0.1) is 17.7 Å². The minimum atomic E-state index is -3.07. The Morgan fingerprint density at radius 3 is 2.71 bits per heavy atom. The number of nitrogens with zero attached hydrogens (tertiary/aromatic N) is 1. The Morgan fingerprint density at radius 1 is 1.65 bits per heavy atom. The van der Waals surface area contributed by atoms with E-state index in [1.165, 1.54) is 27.8 Å². The van der Waals surface area contributed by atoms with E-state index in [-0.39, 0.29) is 16.5 Å². The average molecular weight is 297 g/mol. The van der Waals surface area contributed by atoms with Gasteiger partial charge in [0.25, 0.3) is 0 Å². The minimum Gasteiger partial charge on any atom is -0.306 e. The first-order valence-corrected chi connectivity index (χ1v) is 9.92. The van der Waals surface area contributed by atoms with Crippen LogP contribution in [0.2, 0.25) is 0 Å². The molecule has 0 aromatic rings. The van der Waals surface area contributed by atoms with Crippen LogP contribution in [0.3, 0.4) is 0 Å². The highest BCUT2D eigenvalue weighted by molar-refractivity contribution is 8.56. The molecule has 1 fully saturated rings. The van der Waals surface area contributed by atoms with Crippen LogP contribution in [-0.4, -0.2) is 33.6 Å². The van der Waals surface area contributed by atoms with Crippen LogP contribution in [0.5, 0.6) is 0 Å². The SMILES string of the molecule is CCOP(=O)(SC(C)CC)N1C(=O)CSC1C. The van der Waals surface area contributed by atoms with Crippen molar-refractivity contribution >= 4 is 35.8 Å². The highest BCUT2D eigenvalue weighted by Gasteiger charge is 2.44. The number of carbonyl (C=O) groups excluding carboxylic acids is 1. The van der Waals surface area contributed by atoms with Gasteiger partial charge in [0.2, 0.25) is 5.91 Å². The lowest BCUT2D eigenvalue weighted by Gasteiger charge is -2.30. The van der Waals surface area contributed by atoms with Gasteiger partial charge in [0.15, 0.2) is 0 Å². The smallest absolute Gasteiger partial charge is 0.306 e. The Labute approximate surface area is 111 Å². The van der Waals surface area contributed by atoms with Gasteiger partial charge in [0.1, 0.15) is 0 Å². The van der Waals surface area contributed by atoms with Gasteiger partial charge < -0.3 is 4.52 Å². The summed E-state index contributed by atoms with van der Waals surface area (Å²) in [5.41, 5.74) is 0. The summed E-state index contributed by atoms with van der Waals surface area (Å²) in [6.45, 7) is 5.05. The second kappa shape index (κ2) is 6.50. The summed E-state index contributed by atoms with van der Waals surface area (Å²) in [5.74, 6) is 0.328. The molecule has 0 N–H and O–H groups in total. The number of hydrogen-bond donors (Lipinski definition) is 0. The standard InChI is InChI=1S/C10H20NO3PS2/c1-5-8(3)17-15(13,14-6-2)11-9(4)16-7-10(11)12/h8-9H,5-7H2,1-4H3. The van der Waals surface area contributed by atoms with Gasteiger partial charge in [-0.2, -0.15) is 0 Å². The van der Waals surface area contributed by atoms with Crippen LogP contribution in [0.15, 0.2) is 0 Å². The third kappa shape index (κ3) is 3.66. The van der Waals surface area contributed by atoms with Crippen LogP contribution >= 0.6 is 29.9 Å². The first-order chi connectivity index (χ1) is 7.94. The fourth-order valence-electron chi connectivity index (χ4n) is 1.48. The molecule has 1 saturated heterocycles. The molecule has 0 spiro atoms. The van der Waals surface area contributed by atoms with Crippen molar-refractivity contribution in [3.8, 4) is 0 Å². The Bertz CT molecular complexity index is 327. The van der Waals surface area contributed by atoms with E-state index >= 15 is 0 Å². The quantitative estimate of drug-likeness (QED) is 0.701. The molecule has 100 valence electrons. The molecule has 1 aliphatic rings. The van der Waals surface area contributed by atoms with E-state index in [0.717, 1.165) is 6.42 Å². The summed E-state index contributed by atoms with van der Waals surface area (Å²) < 4.78 is 19.7. The predicted molar refractivity (Wildman–Crippen MR) is 75.3 cm³/mol. The van der Waals surface area contributed by atoms with Crippen LogP contribution < -0.4 is 0 Å². The van der Waals surface area contributed by atoms with Crippen molar-refractivity contribution in [1.82, 2.24) is 4.67 Å². The summed E-state index contributed by atoms with van der Waals surface area (Å²) >= 11 is 2.81. The molecule has 0 saturated carbocycles. The first-order valence-electron chi connectivity index (χ1n) is 5.81. The zero-order valence-corrected chi connectivity index (χ0v) is 13.2. The lowest BCUT2D eigenvalue weighted by molar-refractivity contribution is -0.123. The molecule has 17 heavy (non-hydrogen) atoms. The Hall–Kier alpha value is 0.360. The maximum Gasteiger partial charge on any atom is 0.356 e. The van der Waals surface area contributed by atoms with E-state index in [2.05, 4.69) is 0 Å². The molecule has 0 aromatic heterocycles. The topological polar surface area (TPSA) is 46.6 Å². The molecular weight excluding hydrogens is 277 g/mol. The van der Waals surface area contributed by atoms with Gasteiger partial charge in [-0.25, -0.2) is 0 Å². The Balaban J connectivity index is 2.90. The highest BCUT2D eigenvalue weighted by Crippen LogP contribution is 2.67. The van der Waals surface area contributed by atoms with E-state index in [9.17, 15) is 9.36 Å². The highest BCUT2D eigenvalue weighted by atomic mass is 32.7. The average Bonchev–Trinajstić information content (AvgIpc) is 2.59. The number of amides is 1. The second-order valence-corrected chi connectivity index (χ2v) is 9.82. The Kier molecular flexibility index (Phi) is 5.90. The number of hydrogen-bond acceptors (Lipinski definition) is 5. The van der Waals surface area contributed by atoms with Crippen molar-refractivity contribution in [3.05, 3.63) is 0 Å². The van der Waals surface area contributed by atoms with Crippen LogP contribution in [0.1, 0.15) is 34.1 Å². The summed E-state index contributed by atoms with van der Waals surface area (Å²) in [5, 5.41) is 0.162. The summed E-state index contributed by atoms with van der Waals surface area (Å²) in [4.78, 5) is 11.8. The van der Waals surface area contributed by atoms with E-state index in [4.69, 9.17) is 4.52 Å². The van der Waals surface area contributed by atoms with Crippen LogP contribution in [-0.2, 0) is 13.9 Å². The van der Waals surface area contributed by atoms with Crippen molar-refractivity contribution in [3.63, 3.8) is 0 Å². The fraction of sp³-hybridized carbons (Fsp3) is 0.900. The monoisotopic (exact) mass is 297 g/mol. The van der Waals surface area contributed by atoms with Gasteiger partial charge in [-0.3, -0.25) is 14.0 Å². The van der Waals surface area contributed by atoms with Crippen molar-refractivity contribution < 1.29 is 13.9 Å². The molecule has 3 atom stereocenters. The molecule has 3 unspecified atom stereocenters. The van der Waals surface area contributed by atoms with Crippen molar-refractivity contribution in [1.29, 1.82) is 0 Å².